The Bertz CT molecular complexity index is 1150. The molecule has 1 heterocycles. The van der Waals surface area contributed by atoms with Gasteiger partial charge in [0.05, 0.1) is 22.6 Å². The molecule has 2 aromatic rings. The van der Waals surface area contributed by atoms with E-state index in [-0.39, 0.29) is 27.8 Å². The molecule has 0 aliphatic carbocycles. The highest BCUT2D eigenvalue weighted by atomic mass is 32.2. The highest BCUT2D eigenvalue weighted by Gasteiger charge is 2.26. The predicted molar refractivity (Wildman–Crippen MR) is 119 cm³/mol. The van der Waals surface area contributed by atoms with Gasteiger partial charge in [0.25, 0.3) is 5.91 Å². The summed E-state index contributed by atoms with van der Waals surface area (Å²) in [6.45, 7) is 6.09. The van der Waals surface area contributed by atoms with Crippen LogP contribution in [-0.4, -0.2) is 58.3 Å². The monoisotopic (exact) mass is 459 g/mol. The zero-order chi connectivity index (χ0) is 23.5. The standard InChI is InChI=1S/C23H26FN3O4S/c1-16(2)15-31-22-7-6-19(32(3,29)30)13-20(22)23(28)27-10-8-26(9-11-27)18-5-4-17(14-25)21(24)12-18/h4-7,12-13,16H,8-11,15H2,1-3H3. The molecule has 1 fully saturated rings. The summed E-state index contributed by atoms with van der Waals surface area (Å²) in [7, 11) is -3.49. The van der Waals surface area contributed by atoms with Crippen molar-refractivity contribution in [1.29, 1.82) is 5.26 Å². The number of amides is 1. The fourth-order valence-corrected chi connectivity index (χ4v) is 4.07. The van der Waals surface area contributed by atoms with Crippen LogP contribution in [0.15, 0.2) is 41.3 Å². The molecule has 1 amide bonds. The van der Waals surface area contributed by atoms with Crippen LogP contribution in [-0.2, 0) is 9.84 Å². The molecule has 1 saturated heterocycles. The maximum absolute atomic E-state index is 14.0. The zero-order valence-electron chi connectivity index (χ0n) is 18.3. The third-order valence-corrected chi connectivity index (χ3v) is 6.30. The summed E-state index contributed by atoms with van der Waals surface area (Å²) >= 11 is 0. The van der Waals surface area contributed by atoms with Crippen molar-refractivity contribution in [3.8, 4) is 11.8 Å². The van der Waals surface area contributed by atoms with Crippen LogP contribution >= 0.6 is 0 Å². The summed E-state index contributed by atoms with van der Waals surface area (Å²) in [6.07, 6.45) is 1.10. The molecule has 2 aromatic carbocycles. The molecule has 0 N–H and O–H groups in total. The number of nitriles is 1. The van der Waals surface area contributed by atoms with E-state index in [1.165, 1.54) is 30.3 Å². The molecule has 0 unspecified atom stereocenters. The van der Waals surface area contributed by atoms with Crippen molar-refractivity contribution in [1.82, 2.24) is 4.90 Å². The van der Waals surface area contributed by atoms with E-state index in [1.54, 1.807) is 17.0 Å². The Balaban J connectivity index is 1.79. The largest absolute Gasteiger partial charge is 0.492 e. The predicted octanol–water partition coefficient (Wildman–Crippen LogP) is 3.10. The molecule has 0 saturated carbocycles. The van der Waals surface area contributed by atoms with Crippen LogP contribution in [0.5, 0.6) is 5.75 Å². The van der Waals surface area contributed by atoms with Gasteiger partial charge in [0.15, 0.2) is 9.84 Å². The molecule has 7 nitrogen and oxygen atoms in total. The minimum absolute atomic E-state index is 0.0118. The van der Waals surface area contributed by atoms with Crippen molar-refractivity contribution >= 4 is 21.4 Å². The highest BCUT2D eigenvalue weighted by molar-refractivity contribution is 7.90. The number of rotatable bonds is 6. The molecule has 0 atom stereocenters. The molecule has 1 aliphatic heterocycles. The Morgan fingerprint density at radius 3 is 2.41 bits per heavy atom. The number of piperazine rings is 1. The van der Waals surface area contributed by atoms with Gasteiger partial charge in [-0.1, -0.05) is 13.8 Å². The van der Waals surface area contributed by atoms with Gasteiger partial charge in [0.1, 0.15) is 17.6 Å². The van der Waals surface area contributed by atoms with Gasteiger partial charge in [-0.25, -0.2) is 12.8 Å². The van der Waals surface area contributed by atoms with Crippen molar-refractivity contribution in [3.05, 3.63) is 53.3 Å². The number of anilines is 1. The third kappa shape index (κ3) is 5.37. The lowest BCUT2D eigenvalue weighted by atomic mass is 10.1. The fourth-order valence-electron chi connectivity index (χ4n) is 3.42. The lowest BCUT2D eigenvalue weighted by Gasteiger charge is -2.36. The Morgan fingerprint density at radius 2 is 1.84 bits per heavy atom. The number of halogens is 1. The van der Waals surface area contributed by atoms with Gasteiger partial charge in [-0.15, -0.1) is 0 Å². The molecular weight excluding hydrogens is 433 g/mol. The van der Waals surface area contributed by atoms with E-state index in [2.05, 4.69) is 0 Å². The van der Waals surface area contributed by atoms with Crippen molar-refractivity contribution in [2.45, 2.75) is 18.7 Å². The second kappa shape index (κ2) is 9.57. The van der Waals surface area contributed by atoms with Crippen molar-refractivity contribution in [2.75, 3.05) is 43.9 Å². The van der Waals surface area contributed by atoms with Gasteiger partial charge in [-0.3, -0.25) is 4.79 Å². The molecule has 0 spiro atoms. The molecular formula is C23H26FN3O4S. The molecule has 9 heteroatoms. The number of carbonyl (C=O) groups is 1. The van der Waals surface area contributed by atoms with Crippen LogP contribution in [0.3, 0.4) is 0 Å². The van der Waals surface area contributed by atoms with Gasteiger partial charge in [0.2, 0.25) is 0 Å². The Morgan fingerprint density at radius 1 is 1.16 bits per heavy atom. The lowest BCUT2D eigenvalue weighted by Crippen LogP contribution is -2.49. The normalized spacial score (nSPS) is 14.4. The summed E-state index contributed by atoms with van der Waals surface area (Å²) in [4.78, 5) is 16.9. The van der Waals surface area contributed by atoms with Crippen LogP contribution in [0, 0.1) is 23.1 Å². The molecule has 170 valence electrons. The second-order valence-corrected chi connectivity index (χ2v) is 10.2. The van der Waals surface area contributed by atoms with Gasteiger partial charge in [-0.05, 0) is 42.3 Å². The maximum atomic E-state index is 14.0. The van der Waals surface area contributed by atoms with E-state index in [0.717, 1.165) is 6.26 Å². The number of benzene rings is 2. The summed E-state index contributed by atoms with van der Waals surface area (Å²) in [5.41, 5.74) is 0.849. The van der Waals surface area contributed by atoms with E-state index in [9.17, 15) is 17.6 Å². The van der Waals surface area contributed by atoms with Crippen LogP contribution in [0.25, 0.3) is 0 Å². The average molecular weight is 460 g/mol. The first kappa shape index (κ1) is 23.5. The number of sulfone groups is 1. The van der Waals surface area contributed by atoms with E-state index >= 15 is 0 Å². The number of hydrogen-bond donors (Lipinski definition) is 0. The van der Waals surface area contributed by atoms with Crippen molar-refractivity contribution < 1.29 is 22.3 Å². The Hall–Kier alpha value is -3.12. The van der Waals surface area contributed by atoms with Gasteiger partial charge in [-0.2, -0.15) is 5.26 Å². The van der Waals surface area contributed by atoms with Gasteiger partial charge < -0.3 is 14.5 Å². The number of nitrogens with zero attached hydrogens (tertiary/aromatic N) is 3. The summed E-state index contributed by atoms with van der Waals surface area (Å²) in [6, 6.07) is 10.6. The second-order valence-electron chi connectivity index (χ2n) is 8.19. The SMILES string of the molecule is CC(C)COc1ccc(S(C)(=O)=O)cc1C(=O)N1CCN(c2ccc(C#N)c(F)c2)CC1. The Kier molecular flexibility index (Phi) is 7.04. The van der Waals surface area contributed by atoms with Crippen LogP contribution < -0.4 is 9.64 Å². The summed E-state index contributed by atoms with van der Waals surface area (Å²) < 4.78 is 43.8. The zero-order valence-corrected chi connectivity index (χ0v) is 19.2. The lowest BCUT2D eigenvalue weighted by molar-refractivity contribution is 0.0741. The van der Waals surface area contributed by atoms with E-state index in [4.69, 9.17) is 10.00 Å². The van der Waals surface area contributed by atoms with E-state index in [1.807, 2.05) is 18.7 Å². The minimum Gasteiger partial charge on any atom is -0.492 e. The first-order valence-corrected chi connectivity index (χ1v) is 12.2. The van der Waals surface area contributed by atoms with Gasteiger partial charge >= 0.3 is 0 Å². The Labute approximate surface area is 187 Å². The first-order chi connectivity index (χ1) is 15.1. The minimum atomic E-state index is -3.49. The number of carbonyl (C=O) groups excluding carboxylic acids is 1. The van der Waals surface area contributed by atoms with Gasteiger partial charge in [0, 0.05) is 38.1 Å². The van der Waals surface area contributed by atoms with Crippen LogP contribution in [0.2, 0.25) is 0 Å². The molecule has 0 aromatic heterocycles. The van der Waals surface area contributed by atoms with Crippen molar-refractivity contribution in [3.63, 3.8) is 0 Å². The van der Waals surface area contributed by atoms with E-state index in [0.29, 0.717) is 44.2 Å². The number of hydrogen-bond acceptors (Lipinski definition) is 6. The molecule has 32 heavy (non-hydrogen) atoms. The molecule has 0 bridgehead atoms. The topological polar surface area (TPSA) is 90.7 Å². The first-order valence-electron chi connectivity index (χ1n) is 10.3. The van der Waals surface area contributed by atoms with Crippen LogP contribution in [0.1, 0.15) is 29.8 Å². The third-order valence-electron chi connectivity index (χ3n) is 5.19. The quantitative estimate of drug-likeness (QED) is 0.659. The molecule has 3 rings (SSSR count). The maximum Gasteiger partial charge on any atom is 0.257 e. The van der Waals surface area contributed by atoms with Crippen LogP contribution in [0.4, 0.5) is 10.1 Å². The summed E-state index contributed by atoms with van der Waals surface area (Å²) in [5, 5.41) is 8.89. The van der Waals surface area contributed by atoms with E-state index < -0.39 is 15.7 Å². The highest BCUT2D eigenvalue weighted by Crippen LogP contribution is 2.26. The fraction of sp³-hybridized carbons (Fsp3) is 0.391. The average Bonchev–Trinajstić information content (AvgIpc) is 2.76. The van der Waals surface area contributed by atoms with Crippen molar-refractivity contribution in [2.24, 2.45) is 5.92 Å². The molecule has 0 radical (unpaired) electrons. The summed E-state index contributed by atoms with van der Waals surface area (Å²) in [5.74, 6) is -0.287. The molecule has 1 aliphatic rings. The smallest absolute Gasteiger partial charge is 0.257 e. The number of ether oxygens (including phenoxy) is 1.